The molecule has 0 aromatic heterocycles. The molecule has 116 valence electrons. The zero-order chi connectivity index (χ0) is 15.7. The van der Waals surface area contributed by atoms with Gasteiger partial charge in [0.15, 0.2) is 0 Å². The summed E-state index contributed by atoms with van der Waals surface area (Å²) in [4.78, 5) is -0.00611. The molecule has 0 saturated carbocycles. The molecule has 21 heavy (non-hydrogen) atoms. The predicted molar refractivity (Wildman–Crippen MR) is 81.1 cm³/mol. The molecule has 3 N–H and O–H groups in total. The van der Waals surface area contributed by atoms with E-state index in [4.69, 9.17) is 15.7 Å². The summed E-state index contributed by atoms with van der Waals surface area (Å²) in [5.74, 6) is 0. The Morgan fingerprint density at radius 2 is 2.05 bits per heavy atom. The summed E-state index contributed by atoms with van der Waals surface area (Å²) in [5, 5.41) is 8.73. The first-order valence-corrected chi connectivity index (χ1v) is 8.36. The van der Waals surface area contributed by atoms with Crippen LogP contribution in [0, 0.1) is 11.3 Å². The lowest BCUT2D eigenvalue weighted by Crippen LogP contribution is -2.26. The van der Waals surface area contributed by atoms with Gasteiger partial charge in [0.25, 0.3) is 0 Å². The predicted octanol–water partition coefficient (Wildman–Crippen LogP) is 1.63. The summed E-state index contributed by atoms with van der Waals surface area (Å²) >= 11 is 0. The SMILES string of the molecule is CCCCOCCCNS(=O)(=O)c1ccc(C#N)cc1N. The van der Waals surface area contributed by atoms with Crippen LogP contribution in [0.5, 0.6) is 0 Å². The molecular weight excluding hydrogens is 290 g/mol. The average Bonchev–Trinajstić information content (AvgIpc) is 2.45. The molecular formula is C14H21N3O3S. The Bertz CT molecular complexity index is 594. The van der Waals surface area contributed by atoms with Crippen LogP contribution < -0.4 is 10.5 Å². The molecule has 0 aliphatic heterocycles. The van der Waals surface area contributed by atoms with Gasteiger partial charge in [-0.05, 0) is 31.0 Å². The lowest BCUT2D eigenvalue weighted by molar-refractivity contribution is 0.130. The normalized spacial score (nSPS) is 11.2. The van der Waals surface area contributed by atoms with E-state index in [1.165, 1.54) is 18.2 Å². The number of anilines is 1. The minimum atomic E-state index is -3.65. The third kappa shape index (κ3) is 5.71. The lowest BCUT2D eigenvalue weighted by Gasteiger charge is -2.09. The van der Waals surface area contributed by atoms with E-state index in [0.717, 1.165) is 12.8 Å². The highest BCUT2D eigenvalue weighted by molar-refractivity contribution is 7.89. The van der Waals surface area contributed by atoms with Crippen LogP contribution in [-0.4, -0.2) is 28.2 Å². The van der Waals surface area contributed by atoms with E-state index in [0.29, 0.717) is 25.2 Å². The van der Waals surface area contributed by atoms with Gasteiger partial charge in [0.1, 0.15) is 4.90 Å². The zero-order valence-corrected chi connectivity index (χ0v) is 12.9. The maximum Gasteiger partial charge on any atom is 0.242 e. The fourth-order valence-electron chi connectivity index (χ4n) is 1.67. The van der Waals surface area contributed by atoms with Crippen molar-refractivity contribution in [2.75, 3.05) is 25.5 Å². The van der Waals surface area contributed by atoms with E-state index in [-0.39, 0.29) is 17.1 Å². The van der Waals surface area contributed by atoms with Gasteiger partial charge >= 0.3 is 0 Å². The molecule has 0 saturated heterocycles. The molecule has 0 amide bonds. The minimum absolute atomic E-state index is 0.00611. The maximum atomic E-state index is 12.1. The van der Waals surface area contributed by atoms with Crippen LogP contribution in [-0.2, 0) is 14.8 Å². The first-order chi connectivity index (χ1) is 10.0. The highest BCUT2D eigenvalue weighted by atomic mass is 32.2. The quantitative estimate of drug-likeness (QED) is 0.532. The second kappa shape index (κ2) is 8.62. The fourth-order valence-corrected chi connectivity index (χ4v) is 2.85. The summed E-state index contributed by atoms with van der Waals surface area (Å²) < 4.78 is 32.0. The van der Waals surface area contributed by atoms with Crippen molar-refractivity contribution < 1.29 is 13.2 Å². The third-order valence-electron chi connectivity index (χ3n) is 2.83. The second-order valence-corrected chi connectivity index (χ2v) is 6.32. The number of nitrogens with zero attached hydrogens (tertiary/aromatic N) is 1. The number of hydrogen-bond donors (Lipinski definition) is 2. The Labute approximate surface area is 126 Å². The molecule has 6 nitrogen and oxygen atoms in total. The van der Waals surface area contributed by atoms with Crippen molar-refractivity contribution >= 4 is 15.7 Å². The second-order valence-electron chi connectivity index (χ2n) is 4.58. The van der Waals surface area contributed by atoms with Gasteiger partial charge in [-0.15, -0.1) is 0 Å². The molecule has 0 unspecified atom stereocenters. The number of nitrogens with two attached hydrogens (primary N) is 1. The molecule has 1 aromatic carbocycles. The molecule has 0 bridgehead atoms. The number of nitriles is 1. The molecule has 0 fully saturated rings. The Hall–Kier alpha value is -1.62. The molecule has 0 heterocycles. The summed E-state index contributed by atoms with van der Waals surface area (Å²) in [6.07, 6.45) is 2.68. The van der Waals surface area contributed by atoms with E-state index in [9.17, 15) is 8.42 Å². The van der Waals surface area contributed by atoms with E-state index < -0.39 is 10.0 Å². The number of hydrogen-bond acceptors (Lipinski definition) is 5. The van der Waals surface area contributed by atoms with Gasteiger partial charge in [-0.25, -0.2) is 13.1 Å². The van der Waals surface area contributed by atoms with Gasteiger partial charge in [0.2, 0.25) is 10.0 Å². The minimum Gasteiger partial charge on any atom is -0.398 e. The highest BCUT2D eigenvalue weighted by Crippen LogP contribution is 2.19. The Morgan fingerprint density at radius 1 is 1.33 bits per heavy atom. The van der Waals surface area contributed by atoms with Gasteiger partial charge in [-0.3, -0.25) is 0 Å². The number of unbranched alkanes of at least 4 members (excludes halogenated alkanes) is 1. The molecule has 1 rings (SSSR count). The van der Waals surface area contributed by atoms with Crippen LogP contribution in [0.1, 0.15) is 31.7 Å². The van der Waals surface area contributed by atoms with E-state index in [1.54, 1.807) is 0 Å². The summed E-state index contributed by atoms with van der Waals surface area (Å²) in [7, 11) is -3.65. The number of nitrogens with one attached hydrogen (secondary N) is 1. The molecule has 1 aromatic rings. The molecule has 7 heteroatoms. The van der Waals surface area contributed by atoms with Crippen LogP contribution in [0.25, 0.3) is 0 Å². The van der Waals surface area contributed by atoms with Gasteiger partial charge in [-0.2, -0.15) is 5.26 Å². The Kier molecular flexibility index (Phi) is 7.15. The van der Waals surface area contributed by atoms with Crippen molar-refractivity contribution in [3.05, 3.63) is 23.8 Å². The zero-order valence-electron chi connectivity index (χ0n) is 12.1. The van der Waals surface area contributed by atoms with Gasteiger partial charge < -0.3 is 10.5 Å². The van der Waals surface area contributed by atoms with Crippen LogP contribution in [0.3, 0.4) is 0 Å². The number of benzene rings is 1. The number of nitrogen functional groups attached to an aromatic ring is 1. The van der Waals surface area contributed by atoms with Crippen molar-refractivity contribution in [1.29, 1.82) is 5.26 Å². The Morgan fingerprint density at radius 3 is 2.67 bits per heavy atom. The average molecular weight is 311 g/mol. The van der Waals surface area contributed by atoms with Crippen molar-refractivity contribution in [2.24, 2.45) is 0 Å². The van der Waals surface area contributed by atoms with Gasteiger partial charge in [0, 0.05) is 19.8 Å². The molecule has 0 radical (unpaired) electrons. The molecule has 0 aliphatic rings. The smallest absolute Gasteiger partial charge is 0.242 e. The highest BCUT2D eigenvalue weighted by Gasteiger charge is 2.16. The maximum absolute atomic E-state index is 12.1. The van der Waals surface area contributed by atoms with Gasteiger partial charge in [0.05, 0.1) is 17.3 Å². The first kappa shape index (κ1) is 17.4. The standard InChI is InChI=1S/C14H21N3O3S/c1-2-3-8-20-9-4-7-17-21(18,19)14-6-5-12(11-15)10-13(14)16/h5-6,10,17H,2-4,7-9,16H2,1H3. The topological polar surface area (TPSA) is 105 Å². The number of rotatable bonds is 9. The fraction of sp³-hybridized carbons (Fsp3) is 0.500. The van der Waals surface area contributed by atoms with Crippen LogP contribution in [0.15, 0.2) is 23.1 Å². The largest absolute Gasteiger partial charge is 0.398 e. The molecule has 0 aliphatic carbocycles. The van der Waals surface area contributed by atoms with Crippen molar-refractivity contribution in [3.63, 3.8) is 0 Å². The molecule has 0 atom stereocenters. The van der Waals surface area contributed by atoms with Crippen molar-refractivity contribution in [3.8, 4) is 6.07 Å². The van der Waals surface area contributed by atoms with Crippen LogP contribution in [0.4, 0.5) is 5.69 Å². The summed E-state index contributed by atoms with van der Waals surface area (Å²) in [5.41, 5.74) is 6.07. The van der Waals surface area contributed by atoms with E-state index >= 15 is 0 Å². The lowest BCUT2D eigenvalue weighted by atomic mass is 10.2. The number of sulfonamides is 1. The summed E-state index contributed by atoms with van der Waals surface area (Å²) in [6, 6.07) is 6.03. The first-order valence-electron chi connectivity index (χ1n) is 6.88. The van der Waals surface area contributed by atoms with Gasteiger partial charge in [-0.1, -0.05) is 13.3 Å². The van der Waals surface area contributed by atoms with Crippen LogP contribution in [0.2, 0.25) is 0 Å². The van der Waals surface area contributed by atoms with E-state index in [1.807, 2.05) is 6.07 Å². The van der Waals surface area contributed by atoms with E-state index in [2.05, 4.69) is 11.6 Å². The summed E-state index contributed by atoms with van der Waals surface area (Å²) in [6.45, 7) is 3.59. The molecule has 0 spiro atoms. The monoisotopic (exact) mass is 311 g/mol. The third-order valence-corrected chi connectivity index (χ3v) is 4.36. The van der Waals surface area contributed by atoms with Crippen molar-refractivity contribution in [1.82, 2.24) is 4.72 Å². The van der Waals surface area contributed by atoms with Crippen molar-refractivity contribution in [2.45, 2.75) is 31.1 Å². The van der Waals surface area contributed by atoms with Crippen LogP contribution >= 0.6 is 0 Å². The Balaban J connectivity index is 2.49. The number of ether oxygens (including phenoxy) is 1.